The predicted molar refractivity (Wildman–Crippen MR) is 108 cm³/mol. The Morgan fingerprint density at radius 3 is 2.32 bits per heavy atom. The zero-order valence-corrected chi connectivity index (χ0v) is 17.1. The van der Waals surface area contributed by atoms with Crippen molar-refractivity contribution in [3.8, 4) is 5.75 Å². The molecule has 0 aromatic heterocycles. The van der Waals surface area contributed by atoms with Crippen LogP contribution in [0, 0.1) is 6.92 Å². The number of anilines is 1. The first-order chi connectivity index (χ1) is 13.1. The number of aryl methyl sites for hydroxylation is 1. The van der Waals surface area contributed by atoms with Crippen LogP contribution in [-0.4, -0.2) is 31.8 Å². The summed E-state index contributed by atoms with van der Waals surface area (Å²) in [5.41, 5.74) is 1.04. The minimum absolute atomic E-state index is 0.246. The number of ether oxygens (including phenoxy) is 2. The maximum atomic E-state index is 13.5. The summed E-state index contributed by atoms with van der Waals surface area (Å²) >= 11 is 0. The molecule has 2 amide bonds. The van der Waals surface area contributed by atoms with Gasteiger partial charge in [-0.1, -0.05) is 29.8 Å². The Labute approximate surface area is 165 Å². The first kappa shape index (κ1) is 19.7. The quantitative estimate of drug-likeness (QED) is 0.878. The Hall–Kier alpha value is -3.02. The normalized spacial score (nSPS) is 18.6. The molecule has 3 rings (SSSR count). The van der Waals surface area contributed by atoms with E-state index in [0.29, 0.717) is 11.3 Å². The standard InChI is InChI=1S/C22H26N2O4/c1-14-7-12-18-17(13-14)22(19(25)24(18)5,23-20(26)28-21(2,3)4)15-8-10-16(27-6)11-9-15/h7-13H,1-6H3,(H,23,26). The van der Waals surface area contributed by atoms with Crippen molar-refractivity contribution in [2.24, 2.45) is 0 Å². The third kappa shape index (κ3) is 3.30. The van der Waals surface area contributed by atoms with Gasteiger partial charge in [0.05, 0.1) is 7.11 Å². The van der Waals surface area contributed by atoms with Gasteiger partial charge in [0.25, 0.3) is 5.91 Å². The van der Waals surface area contributed by atoms with Crippen LogP contribution in [0.2, 0.25) is 0 Å². The molecule has 1 heterocycles. The van der Waals surface area contributed by atoms with E-state index in [2.05, 4.69) is 5.32 Å². The Bertz CT molecular complexity index is 915. The molecule has 0 radical (unpaired) electrons. The molecule has 1 unspecified atom stereocenters. The van der Waals surface area contributed by atoms with Crippen LogP contribution in [0.5, 0.6) is 5.75 Å². The van der Waals surface area contributed by atoms with Crippen molar-refractivity contribution in [1.82, 2.24) is 5.32 Å². The molecule has 2 aromatic carbocycles. The maximum Gasteiger partial charge on any atom is 0.409 e. The largest absolute Gasteiger partial charge is 0.497 e. The third-order valence-corrected chi connectivity index (χ3v) is 4.75. The Morgan fingerprint density at radius 1 is 1.11 bits per heavy atom. The van der Waals surface area contributed by atoms with Gasteiger partial charge in [-0.3, -0.25) is 10.1 Å². The van der Waals surface area contributed by atoms with E-state index in [9.17, 15) is 9.59 Å². The molecule has 1 aliphatic heterocycles. The number of fused-ring (bicyclic) bond motifs is 1. The number of rotatable bonds is 3. The highest BCUT2D eigenvalue weighted by Crippen LogP contribution is 2.44. The van der Waals surface area contributed by atoms with Gasteiger partial charge in [-0.15, -0.1) is 0 Å². The second kappa shape index (κ2) is 6.86. The average Bonchev–Trinajstić information content (AvgIpc) is 2.82. The third-order valence-electron chi connectivity index (χ3n) is 4.75. The Morgan fingerprint density at radius 2 is 1.75 bits per heavy atom. The highest BCUT2D eigenvalue weighted by atomic mass is 16.6. The Balaban J connectivity index is 2.19. The molecule has 0 saturated heterocycles. The van der Waals surface area contributed by atoms with Crippen molar-refractivity contribution in [1.29, 1.82) is 0 Å². The maximum absolute atomic E-state index is 13.5. The molecule has 0 saturated carbocycles. The Kier molecular flexibility index (Phi) is 4.83. The molecule has 6 heteroatoms. The van der Waals surface area contributed by atoms with Gasteiger partial charge < -0.3 is 14.4 Å². The van der Waals surface area contributed by atoms with Crippen LogP contribution in [0.15, 0.2) is 42.5 Å². The number of nitrogens with zero attached hydrogens (tertiary/aromatic N) is 1. The van der Waals surface area contributed by atoms with Gasteiger partial charge in [0.1, 0.15) is 11.4 Å². The van der Waals surface area contributed by atoms with E-state index in [0.717, 1.165) is 16.8 Å². The fourth-order valence-electron chi connectivity index (χ4n) is 3.49. The number of likely N-dealkylation sites (N-methyl/N-ethyl adjacent to an activating group) is 1. The van der Waals surface area contributed by atoms with E-state index >= 15 is 0 Å². The first-order valence-electron chi connectivity index (χ1n) is 9.13. The van der Waals surface area contributed by atoms with Crippen molar-refractivity contribution in [3.63, 3.8) is 0 Å². The monoisotopic (exact) mass is 382 g/mol. The molecule has 6 nitrogen and oxygen atoms in total. The average molecular weight is 382 g/mol. The van der Waals surface area contributed by atoms with Crippen molar-refractivity contribution in [2.45, 2.75) is 38.8 Å². The smallest absolute Gasteiger partial charge is 0.409 e. The lowest BCUT2D eigenvalue weighted by Gasteiger charge is -2.31. The first-order valence-corrected chi connectivity index (χ1v) is 9.13. The highest BCUT2D eigenvalue weighted by molar-refractivity contribution is 6.11. The van der Waals surface area contributed by atoms with Gasteiger partial charge in [0.15, 0.2) is 5.54 Å². The summed E-state index contributed by atoms with van der Waals surface area (Å²) in [5.74, 6) is 0.420. The molecule has 1 N–H and O–H groups in total. The molecule has 0 spiro atoms. The number of benzene rings is 2. The second-order valence-electron chi connectivity index (χ2n) is 7.99. The number of hydrogen-bond donors (Lipinski definition) is 1. The summed E-state index contributed by atoms with van der Waals surface area (Å²) in [6.07, 6.45) is -0.653. The number of hydrogen-bond acceptors (Lipinski definition) is 4. The van der Waals surface area contributed by atoms with E-state index in [1.54, 1.807) is 64.1 Å². The van der Waals surface area contributed by atoms with Crippen molar-refractivity contribution >= 4 is 17.7 Å². The molecule has 0 bridgehead atoms. The van der Waals surface area contributed by atoms with Crippen LogP contribution in [0.4, 0.5) is 10.5 Å². The van der Waals surface area contributed by atoms with Gasteiger partial charge >= 0.3 is 6.09 Å². The molecule has 1 aliphatic rings. The minimum Gasteiger partial charge on any atom is -0.497 e. The summed E-state index contributed by atoms with van der Waals surface area (Å²) in [6.45, 7) is 7.31. The van der Waals surface area contributed by atoms with Crippen LogP contribution in [-0.2, 0) is 15.1 Å². The van der Waals surface area contributed by atoms with Crippen LogP contribution in [0.3, 0.4) is 0 Å². The molecule has 28 heavy (non-hydrogen) atoms. The summed E-state index contributed by atoms with van der Waals surface area (Å²) in [5, 5.41) is 2.87. The fraction of sp³-hybridized carbons (Fsp3) is 0.364. The number of amides is 2. The van der Waals surface area contributed by atoms with E-state index in [1.165, 1.54) is 0 Å². The van der Waals surface area contributed by atoms with Crippen molar-refractivity contribution in [3.05, 3.63) is 59.2 Å². The topological polar surface area (TPSA) is 67.9 Å². The lowest BCUT2D eigenvalue weighted by molar-refractivity contribution is -0.122. The van der Waals surface area contributed by atoms with Gasteiger partial charge in [-0.25, -0.2) is 4.79 Å². The van der Waals surface area contributed by atoms with E-state index in [-0.39, 0.29) is 5.91 Å². The predicted octanol–water partition coefficient (Wildman–Crippen LogP) is 3.75. The number of carbonyl (C=O) groups is 2. The summed E-state index contributed by atoms with van der Waals surface area (Å²) in [7, 11) is 3.29. The van der Waals surface area contributed by atoms with Crippen LogP contribution < -0.4 is 15.0 Å². The number of carbonyl (C=O) groups excluding carboxylic acids is 2. The fourth-order valence-corrected chi connectivity index (χ4v) is 3.49. The summed E-state index contributed by atoms with van der Waals surface area (Å²) in [6, 6.07) is 12.9. The lowest BCUT2D eigenvalue weighted by atomic mass is 9.83. The van der Waals surface area contributed by atoms with Crippen molar-refractivity contribution in [2.75, 3.05) is 19.1 Å². The number of methoxy groups -OCH3 is 1. The van der Waals surface area contributed by atoms with Crippen LogP contribution in [0.1, 0.15) is 37.5 Å². The zero-order valence-electron chi connectivity index (χ0n) is 17.1. The van der Waals surface area contributed by atoms with Gasteiger partial charge in [-0.05, 0) is 51.5 Å². The van der Waals surface area contributed by atoms with Gasteiger partial charge in [0, 0.05) is 18.3 Å². The number of alkyl carbamates (subject to hydrolysis) is 1. The minimum atomic E-state index is -1.37. The lowest BCUT2D eigenvalue weighted by Crippen LogP contribution is -2.54. The SMILES string of the molecule is COc1ccc(C2(NC(=O)OC(C)(C)C)C(=O)N(C)c3ccc(C)cc32)cc1. The molecule has 2 aromatic rings. The molecular weight excluding hydrogens is 356 g/mol. The van der Waals surface area contributed by atoms with Crippen LogP contribution in [0.25, 0.3) is 0 Å². The second-order valence-corrected chi connectivity index (χ2v) is 7.99. The highest BCUT2D eigenvalue weighted by Gasteiger charge is 2.53. The van der Waals surface area contributed by atoms with Gasteiger partial charge in [-0.2, -0.15) is 0 Å². The molecule has 0 aliphatic carbocycles. The van der Waals surface area contributed by atoms with E-state index < -0.39 is 17.2 Å². The van der Waals surface area contributed by atoms with Crippen LogP contribution >= 0.6 is 0 Å². The molecule has 0 fully saturated rings. The molecule has 1 atom stereocenters. The van der Waals surface area contributed by atoms with Crippen molar-refractivity contribution < 1.29 is 19.1 Å². The summed E-state index contributed by atoms with van der Waals surface area (Å²) in [4.78, 5) is 27.8. The molecular formula is C22H26N2O4. The summed E-state index contributed by atoms with van der Waals surface area (Å²) < 4.78 is 10.7. The zero-order chi connectivity index (χ0) is 20.7. The van der Waals surface area contributed by atoms with Gasteiger partial charge in [0.2, 0.25) is 0 Å². The van der Waals surface area contributed by atoms with E-state index in [4.69, 9.17) is 9.47 Å². The van der Waals surface area contributed by atoms with E-state index in [1.807, 2.05) is 25.1 Å². The number of nitrogens with one attached hydrogen (secondary N) is 1. The molecule has 148 valence electrons.